The number of ether oxygens (including phenoxy) is 3. The highest BCUT2D eigenvalue weighted by Crippen LogP contribution is 2.38. The van der Waals surface area contributed by atoms with E-state index in [9.17, 15) is 9.59 Å². The predicted molar refractivity (Wildman–Crippen MR) is 121 cm³/mol. The van der Waals surface area contributed by atoms with Gasteiger partial charge in [0.25, 0.3) is 5.91 Å². The van der Waals surface area contributed by atoms with E-state index in [1.165, 1.54) is 12.0 Å². The summed E-state index contributed by atoms with van der Waals surface area (Å²) in [5, 5.41) is 0.815. The lowest BCUT2D eigenvalue weighted by Gasteiger charge is -2.29. The van der Waals surface area contributed by atoms with Crippen LogP contribution in [-0.2, 0) is 19.1 Å². The highest BCUT2D eigenvalue weighted by Gasteiger charge is 2.29. The molecule has 2 aromatic heterocycles. The molecule has 1 aromatic carbocycles. The van der Waals surface area contributed by atoms with E-state index in [1.54, 1.807) is 30.5 Å². The van der Waals surface area contributed by atoms with Gasteiger partial charge in [-0.3, -0.25) is 19.5 Å². The number of benzene rings is 1. The number of fused-ring (bicyclic) bond motifs is 1. The molecule has 0 N–H and O–H groups in total. The maximum absolute atomic E-state index is 12.6. The monoisotopic (exact) mass is 453 g/mol. The fourth-order valence-corrected chi connectivity index (χ4v) is 4.36. The molecule has 3 aromatic rings. The number of anilines is 1. The molecular formula is C23H23N3O5S. The highest BCUT2D eigenvalue weighted by atomic mass is 32.1. The lowest BCUT2D eigenvalue weighted by molar-refractivity contribution is -0.149. The molecule has 1 amide bonds. The largest absolute Gasteiger partial charge is 0.482 e. The van der Waals surface area contributed by atoms with Crippen LogP contribution < -0.4 is 9.64 Å². The van der Waals surface area contributed by atoms with Crippen LogP contribution in [0.2, 0.25) is 0 Å². The second-order valence-electron chi connectivity index (χ2n) is 7.35. The van der Waals surface area contributed by atoms with Crippen LogP contribution in [0.4, 0.5) is 5.69 Å². The van der Waals surface area contributed by atoms with E-state index < -0.39 is 12.1 Å². The van der Waals surface area contributed by atoms with Crippen LogP contribution in [0.5, 0.6) is 5.75 Å². The maximum Gasteiger partial charge on any atom is 0.326 e. The summed E-state index contributed by atoms with van der Waals surface area (Å²) >= 11 is 1.55. The number of nitrogens with zero attached hydrogens (tertiary/aromatic N) is 3. The van der Waals surface area contributed by atoms with Gasteiger partial charge < -0.3 is 14.2 Å². The van der Waals surface area contributed by atoms with E-state index in [2.05, 4.69) is 4.98 Å². The predicted octanol–water partition coefficient (Wildman–Crippen LogP) is 3.48. The molecule has 0 bridgehead atoms. The first-order valence-electron chi connectivity index (χ1n) is 10.1. The van der Waals surface area contributed by atoms with Gasteiger partial charge in [0, 0.05) is 23.7 Å². The van der Waals surface area contributed by atoms with Crippen LogP contribution in [0.15, 0.2) is 42.6 Å². The van der Waals surface area contributed by atoms with Crippen molar-refractivity contribution in [2.75, 3.05) is 31.8 Å². The summed E-state index contributed by atoms with van der Waals surface area (Å²) in [5.74, 6) is -0.289. The molecule has 166 valence electrons. The Bertz CT molecular complexity index is 1130. The van der Waals surface area contributed by atoms with Gasteiger partial charge in [0.15, 0.2) is 6.61 Å². The highest BCUT2D eigenvalue weighted by molar-refractivity contribution is 7.15. The molecule has 0 spiro atoms. The van der Waals surface area contributed by atoms with E-state index in [0.717, 1.165) is 26.8 Å². The van der Waals surface area contributed by atoms with E-state index in [1.807, 2.05) is 37.3 Å². The number of pyridine rings is 1. The molecule has 1 atom stereocenters. The van der Waals surface area contributed by atoms with Gasteiger partial charge in [-0.15, -0.1) is 11.3 Å². The SMILES string of the molecule is COCC(C)OC(=O)CN1C(=O)COc2ccc(-c3nc(-c4ccccn4)sc3C)cc21. The molecule has 3 heterocycles. The fraction of sp³-hybridized carbons (Fsp3) is 0.304. The third-order valence-electron chi connectivity index (χ3n) is 4.88. The average Bonchev–Trinajstić information content (AvgIpc) is 3.18. The summed E-state index contributed by atoms with van der Waals surface area (Å²) in [4.78, 5) is 36.5. The van der Waals surface area contributed by atoms with Crippen LogP contribution in [0, 0.1) is 6.92 Å². The van der Waals surface area contributed by atoms with Crippen molar-refractivity contribution >= 4 is 28.9 Å². The average molecular weight is 454 g/mol. The van der Waals surface area contributed by atoms with Crippen molar-refractivity contribution in [1.82, 2.24) is 9.97 Å². The second-order valence-corrected chi connectivity index (χ2v) is 8.55. The number of methoxy groups -OCH3 is 1. The van der Waals surface area contributed by atoms with E-state index in [-0.39, 0.29) is 25.7 Å². The molecule has 0 saturated carbocycles. The Balaban J connectivity index is 1.63. The van der Waals surface area contributed by atoms with Gasteiger partial charge in [-0.25, -0.2) is 4.98 Å². The molecule has 1 unspecified atom stereocenters. The number of esters is 1. The first kappa shape index (κ1) is 21.9. The van der Waals surface area contributed by atoms with Gasteiger partial charge in [-0.2, -0.15) is 0 Å². The Morgan fingerprint density at radius 2 is 2.16 bits per heavy atom. The summed E-state index contributed by atoms with van der Waals surface area (Å²) in [7, 11) is 1.54. The van der Waals surface area contributed by atoms with E-state index in [0.29, 0.717) is 11.4 Å². The van der Waals surface area contributed by atoms with Crippen molar-refractivity contribution in [2.45, 2.75) is 20.0 Å². The first-order valence-corrected chi connectivity index (χ1v) is 10.9. The zero-order valence-corrected chi connectivity index (χ0v) is 18.8. The summed E-state index contributed by atoms with van der Waals surface area (Å²) in [6, 6.07) is 11.2. The number of hydrogen-bond donors (Lipinski definition) is 0. The summed E-state index contributed by atoms with van der Waals surface area (Å²) in [6.07, 6.45) is 1.33. The number of thiazole rings is 1. The van der Waals surface area contributed by atoms with Gasteiger partial charge >= 0.3 is 5.97 Å². The number of aryl methyl sites for hydroxylation is 1. The van der Waals surface area contributed by atoms with Gasteiger partial charge in [0.2, 0.25) is 0 Å². The molecular weight excluding hydrogens is 430 g/mol. The third-order valence-corrected chi connectivity index (χ3v) is 5.87. The van der Waals surface area contributed by atoms with Crippen molar-refractivity contribution in [3.63, 3.8) is 0 Å². The number of hydrogen-bond acceptors (Lipinski definition) is 8. The molecule has 9 heteroatoms. The quantitative estimate of drug-likeness (QED) is 0.506. The van der Waals surface area contributed by atoms with Crippen molar-refractivity contribution < 1.29 is 23.8 Å². The zero-order valence-electron chi connectivity index (χ0n) is 18.0. The number of rotatable bonds is 7. The molecule has 1 aliphatic rings. The molecule has 0 aliphatic carbocycles. The zero-order chi connectivity index (χ0) is 22.7. The molecule has 4 rings (SSSR count). The summed E-state index contributed by atoms with van der Waals surface area (Å²) in [6.45, 7) is 3.67. The Labute approximate surface area is 189 Å². The van der Waals surface area contributed by atoms with Crippen LogP contribution in [0.1, 0.15) is 11.8 Å². The minimum Gasteiger partial charge on any atom is -0.482 e. The van der Waals surface area contributed by atoms with Gasteiger partial charge in [-0.1, -0.05) is 6.07 Å². The van der Waals surface area contributed by atoms with Crippen LogP contribution >= 0.6 is 11.3 Å². The molecule has 32 heavy (non-hydrogen) atoms. The Morgan fingerprint density at radius 1 is 1.31 bits per heavy atom. The van der Waals surface area contributed by atoms with Crippen molar-refractivity contribution in [2.24, 2.45) is 0 Å². The Hall–Kier alpha value is -3.30. The third kappa shape index (κ3) is 4.63. The molecule has 1 aliphatic heterocycles. The van der Waals surface area contributed by atoms with Crippen LogP contribution in [0.3, 0.4) is 0 Å². The lowest BCUT2D eigenvalue weighted by Crippen LogP contribution is -2.43. The van der Waals surface area contributed by atoms with Crippen molar-refractivity contribution in [3.8, 4) is 27.7 Å². The number of carbonyl (C=O) groups is 2. The van der Waals surface area contributed by atoms with Gasteiger partial charge in [-0.05, 0) is 44.2 Å². The smallest absolute Gasteiger partial charge is 0.326 e. The van der Waals surface area contributed by atoms with E-state index in [4.69, 9.17) is 19.2 Å². The summed E-state index contributed by atoms with van der Waals surface area (Å²) < 4.78 is 15.9. The maximum atomic E-state index is 12.6. The minimum absolute atomic E-state index is 0.132. The van der Waals surface area contributed by atoms with Crippen LogP contribution in [-0.4, -0.2) is 54.8 Å². The van der Waals surface area contributed by atoms with Gasteiger partial charge in [0.1, 0.15) is 23.4 Å². The Kier molecular flexibility index (Phi) is 6.48. The van der Waals surface area contributed by atoms with Crippen LogP contribution in [0.25, 0.3) is 22.0 Å². The number of aromatic nitrogens is 2. The van der Waals surface area contributed by atoms with E-state index >= 15 is 0 Å². The van der Waals surface area contributed by atoms with Gasteiger partial charge in [0.05, 0.1) is 23.7 Å². The standard InChI is InChI=1S/C23H23N3O5S/c1-14(12-29-3)31-21(28)11-26-18-10-16(7-8-19(18)30-13-20(26)27)22-15(2)32-23(25-22)17-6-4-5-9-24-17/h4-10,14H,11-13H2,1-3H3. The molecule has 0 radical (unpaired) electrons. The Morgan fingerprint density at radius 3 is 2.91 bits per heavy atom. The second kappa shape index (κ2) is 9.46. The molecule has 0 saturated heterocycles. The first-order chi connectivity index (χ1) is 15.5. The normalized spacial score (nSPS) is 14.0. The molecule has 8 nitrogen and oxygen atoms in total. The lowest BCUT2D eigenvalue weighted by atomic mass is 10.1. The molecule has 0 fully saturated rings. The topological polar surface area (TPSA) is 90.9 Å². The number of carbonyl (C=O) groups excluding carboxylic acids is 2. The van der Waals surface area contributed by atoms with Crippen molar-refractivity contribution in [1.29, 1.82) is 0 Å². The minimum atomic E-state index is -0.511. The van der Waals surface area contributed by atoms with Crippen molar-refractivity contribution in [3.05, 3.63) is 47.5 Å². The summed E-state index contributed by atoms with van der Waals surface area (Å²) in [5.41, 5.74) is 2.94. The fourth-order valence-electron chi connectivity index (χ4n) is 3.45. The number of amides is 1.